The third-order valence-electron chi connectivity index (χ3n) is 5.33. The number of imide groups is 1. The van der Waals surface area contributed by atoms with Crippen LogP contribution in [0.25, 0.3) is 6.08 Å². The van der Waals surface area contributed by atoms with Crippen molar-refractivity contribution in [2.45, 2.75) is 19.6 Å². The number of amides is 2. The number of ether oxygens (including phenoxy) is 1. The van der Waals surface area contributed by atoms with Crippen LogP contribution in [0.15, 0.2) is 71.6 Å². The van der Waals surface area contributed by atoms with Gasteiger partial charge in [0.1, 0.15) is 5.75 Å². The molecule has 1 aliphatic rings. The van der Waals surface area contributed by atoms with Gasteiger partial charge in [0.25, 0.3) is 11.1 Å². The second-order valence-electron chi connectivity index (χ2n) is 7.81. The molecule has 0 N–H and O–H groups in total. The lowest BCUT2D eigenvalue weighted by Crippen LogP contribution is -2.27. The van der Waals surface area contributed by atoms with Crippen molar-refractivity contribution in [3.8, 4) is 11.5 Å². The molecule has 1 fully saturated rings. The van der Waals surface area contributed by atoms with Gasteiger partial charge in [0.2, 0.25) is 5.75 Å². The number of carbonyl (C=O) groups excluding carboxylic acids is 2. The second kappa shape index (κ2) is 9.86. The van der Waals surface area contributed by atoms with Crippen molar-refractivity contribution in [2.75, 3.05) is 0 Å². The average Bonchev–Trinajstić information content (AvgIpc) is 3.07. The molecule has 1 heterocycles. The molecular formula is C25H17F3N2O5S. The molecule has 7 nitrogen and oxygen atoms in total. The molecule has 2 amide bonds. The highest BCUT2D eigenvalue weighted by Crippen LogP contribution is 2.38. The highest BCUT2D eigenvalue weighted by Gasteiger charge is 2.35. The number of hydrogen-bond acceptors (Lipinski definition) is 6. The van der Waals surface area contributed by atoms with Crippen LogP contribution in [0.2, 0.25) is 0 Å². The molecule has 0 aromatic heterocycles. The van der Waals surface area contributed by atoms with Gasteiger partial charge in [0, 0.05) is 6.07 Å². The monoisotopic (exact) mass is 514 g/mol. The molecular weight excluding hydrogens is 497 g/mol. The van der Waals surface area contributed by atoms with Crippen LogP contribution < -0.4 is 4.74 Å². The van der Waals surface area contributed by atoms with Gasteiger partial charge < -0.3 is 4.74 Å². The van der Waals surface area contributed by atoms with Crippen LogP contribution in [0.5, 0.6) is 11.5 Å². The number of hydrogen-bond donors (Lipinski definition) is 0. The smallest absolute Gasteiger partial charge is 0.416 e. The second-order valence-corrected chi connectivity index (χ2v) is 8.80. The Bertz CT molecular complexity index is 1400. The number of aryl methyl sites for hydroxylation is 1. The maximum atomic E-state index is 12.9. The van der Waals surface area contributed by atoms with Crippen LogP contribution in [-0.2, 0) is 17.5 Å². The van der Waals surface area contributed by atoms with E-state index in [4.69, 9.17) is 4.74 Å². The molecule has 11 heteroatoms. The third-order valence-corrected chi connectivity index (χ3v) is 6.24. The van der Waals surface area contributed by atoms with E-state index in [1.54, 1.807) is 12.1 Å². The van der Waals surface area contributed by atoms with E-state index >= 15 is 0 Å². The largest absolute Gasteiger partial charge is 0.450 e. The molecule has 36 heavy (non-hydrogen) atoms. The van der Waals surface area contributed by atoms with Gasteiger partial charge in [-0.3, -0.25) is 24.6 Å². The minimum atomic E-state index is -4.74. The van der Waals surface area contributed by atoms with Crippen molar-refractivity contribution in [3.05, 3.63) is 104 Å². The summed E-state index contributed by atoms with van der Waals surface area (Å²) in [5, 5.41) is 10.9. The lowest BCUT2D eigenvalue weighted by atomic mass is 10.1. The summed E-state index contributed by atoms with van der Waals surface area (Å²) in [7, 11) is 0. The molecule has 0 atom stereocenters. The van der Waals surface area contributed by atoms with Crippen molar-refractivity contribution in [1.29, 1.82) is 0 Å². The standard InChI is InChI=1S/C25H17F3N2O5S/c1-15-5-2-3-7-17(15)14-29-23(31)22(36-24(29)32)12-16-6-4-8-19(11-16)35-21-10-9-18(25(26,27)28)13-20(21)30(33)34/h2-13H,14H2,1H3/b22-12-. The average molecular weight is 514 g/mol. The molecule has 0 unspecified atom stereocenters. The minimum Gasteiger partial charge on any atom is -0.450 e. The Hall–Kier alpha value is -4.12. The van der Waals surface area contributed by atoms with Crippen LogP contribution in [0.4, 0.5) is 23.7 Å². The maximum absolute atomic E-state index is 12.9. The molecule has 0 saturated carbocycles. The lowest BCUT2D eigenvalue weighted by Gasteiger charge is -2.14. The van der Waals surface area contributed by atoms with Crippen molar-refractivity contribution >= 4 is 34.7 Å². The molecule has 3 aromatic rings. The first kappa shape index (κ1) is 25.0. The summed E-state index contributed by atoms with van der Waals surface area (Å²) < 4.78 is 44.3. The zero-order valence-corrected chi connectivity index (χ0v) is 19.4. The number of nitro benzene ring substituents is 1. The number of nitrogens with zero attached hydrogens (tertiary/aromatic N) is 2. The summed E-state index contributed by atoms with van der Waals surface area (Å²) in [6.45, 7) is 2.02. The van der Waals surface area contributed by atoms with E-state index in [0.717, 1.165) is 33.9 Å². The number of nitro groups is 1. The SMILES string of the molecule is Cc1ccccc1CN1C(=O)S/C(=C\c2cccc(Oc3ccc(C(F)(F)F)cc3[N+](=O)[O-])c2)C1=O. The topological polar surface area (TPSA) is 89.8 Å². The van der Waals surface area contributed by atoms with E-state index in [1.165, 1.54) is 18.2 Å². The number of rotatable bonds is 6. The van der Waals surface area contributed by atoms with Gasteiger partial charge in [0.05, 0.1) is 21.9 Å². The molecule has 1 aliphatic heterocycles. The van der Waals surface area contributed by atoms with E-state index in [0.29, 0.717) is 17.7 Å². The van der Waals surface area contributed by atoms with Crippen molar-refractivity contribution in [3.63, 3.8) is 0 Å². The predicted molar refractivity (Wildman–Crippen MR) is 127 cm³/mol. The van der Waals surface area contributed by atoms with Gasteiger partial charge in [-0.2, -0.15) is 13.2 Å². The summed E-state index contributed by atoms with van der Waals surface area (Å²) in [4.78, 5) is 37.0. The van der Waals surface area contributed by atoms with Gasteiger partial charge in [-0.15, -0.1) is 0 Å². The Balaban J connectivity index is 1.56. The quantitative estimate of drug-likeness (QED) is 0.201. The van der Waals surface area contributed by atoms with Crippen LogP contribution in [-0.4, -0.2) is 21.0 Å². The highest BCUT2D eigenvalue weighted by atomic mass is 32.2. The molecule has 184 valence electrons. The lowest BCUT2D eigenvalue weighted by molar-refractivity contribution is -0.385. The van der Waals surface area contributed by atoms with Gasteiger partial charge in [-0.25, -0.2) is 0 Å². The van der Waals surface area contributed by atoms with Crippen molar-refractivity contribution in [2.24, 2.45) is 0 Å². The normalized spacial score (nSPS) is 15.0. The van der Waals surface area contributed by atoms with Gasteiger partial charge >= 0.3 is 11.9 Å². The zero-order chi connectivity index (χ0) is 26.0. The van der Waals surface area contributed by atoms with Gasteiger partial charge in [0.15, 0.2) is 0 Å². The minimum absolute atomic E-state index is 0.103. The predicted octanol–water partition coefficient (Wildman–Crippen LogP) is 6.95. The number of halogens is 3. The van der Waals surface area contributed by atoms with Crippen LogP contribution in [0.1, 0.15) is 22.3 Å². The zero-order valence-electron chi connectivity index (χ0n) is 18.6. The summed E-state index contributed by atoms with van der Waals surface area (Å²) in [6, 6.07) is 15.5. The fraction of sp³-hybridized carbons (Fsp3) is 0.120. The molecule has 4 rings (SSSR count). The summed E-state index contributed by atoms with van der Waals surface area (Å²) in [5.74, 6) is -0.729. The van der Waals surface area contributed by atoms with E-state index < -0.39 is 33.5 Å². The third kappa shape index (κ3) is 5.41. The molecule has 0 aliphatic carbocycles. The van der Waals surface area contributed by atoms with Crippen molar-refractivity contribution < 1.29 is 32.4 Å². The van der Waals surface area contributed by atoms with Crippen LogP contribution in [0, 0.1) is 17.0 Å². The Morgan fingerprint density at radius 1 is 1.06 bits per heavy atom. The maximum Gasteiger partial charge on any atom is 0.416 e. The summed E-state index contributed by atoms with van der Waals surface area (Å²) >= 11 is 0.784. The first-order valence-electron chi connectivity index (χ1n) is 10.5. The first-order valence-corrected chi connectivity index (χ1v) is 11.3. The molecule has 0 bridgehead atoms. The summed E-state index contributed by atoms with van der Waals surface area (Å²) in [6.07, 6.45) is -3.26. The van der Waals surface area contributed by atoms with E-state index in [9.17, 15) is 32.9 Å². The Morgan fingerprint density at radius 3 is 2.50 bits per heavy atom. The fourth-order valence-electron chi connectivity index (χ4n) is 3.46. The Morgan fingerprint density at radius 2 is 1.81 bits per heavy atom. The highest BCUT2D eigenvalue weighted by molar-refractivity contribution is 8.18. The van der Waals surface area contributed by atoms with Crippen LogP contribution >= 0.6 is 11.8 Å². The van der Waals surface area contributed by atoms with E-state index in [1.807, 2.05) is 31.2 Å². The first-order chi connectivity index (χ1) is 17.0. The molecule has 1 saturated heterocycles. The number of alkyl halides is 3. The molecule has 0 spiro atoms. The molecule has 3 aromatic carbocycles. The Labute approximate surface area is 207 Å². The van der Waals surface area contributed by atoms with Gasteiger partial charge in [-0.05, 0) is 65.7 Å². The van der Waals surface area contributed by atoms with E-state index in [-0.39, 0.29) is 22.9 Å². The number of benzene rings is 3. The number of carbonyl (C=O) groups is 2. The van der Waals surface area contributed by atoms with Crippen molar-refractivity contribution in [1.82, 2.24) is 4.90 Å². The van der Waals surface area contributed by atoms with Crippen LogP contribution in [0.3, 0.4) is 0 Å². The van der Waals surface area contributed by atoms with Gasteiger partial charge in [-0.1, -0.05) is 36.4 Å². The van der Waals surface area contributed by atoms with E-state index in [2.05, 4.69) is 0 Å². The Kier molecular flexibility index (Phi) is 6.84. The fourth-order valence-corrected chi connectivity index (χ4v) is 4.30. The molecule has 0 radical (unpaired) electrons. The summed E-state index contributed by atoms with van der Waals surface area (Å²) in [5.41, 5.74) is 0.241. The number of thioether (sulfide) groups is 1.